The number of hydrogen-bond acceptors (Lipinski definition) is 3. The first-order valence-corrected chi connectivity index (χ1v) is 8.41. The quantitative estimate of drug-likeness (QED) is 0.896. The van der Waals surface area contributed by atoms with E-state index < -0.39 is 0 Å². The molecule has 4 heteroatoms. The first-order valence-electron chi connectivity index (χ1n) is 8.41. The van der Waals surface area contributed by atoms with Gasteiger partial charge in [-0.2, -0.15) is 0 Å². The molecule has 3 rings (SSSR count). The zero-order chi connectivity index (χ0) is 15.4. The highest BCUT2D eigenvalue weighted by Gasteiger charge is 2.18. The Balaban J connectivity index is 1.48. The molecule has 1 aromatic rings. The van der Waals surface area contributed by atoms with Gasteiger partial charge in [-0.3, -0.25) is 4.79 Å². The number of carbonyl (C=O) groups excluding carboxylic acids is 1. The average molecular weight is 303 g/mol. The number of nitrogens with one attached hydrogen (secondary N) is 1. The zero-order valence-electron chi connectivity index (χ0n) is 13.3. The molecule has 2 aliphatic rings. The lowest BCUT2D eigenvalue weighted by Crippen LogP contribution is -2.27. The SMILES string of the molecule is C[C@@H](NC(=O)CCC1CCCCC1)c1ccc2c(c1)OCO2. The zero-order valence-corrected chi connectivity index (χ0v) is 13.3. The van der Waals surface area contributed by atoms with Gasteiger partial charge in [0.15, 0.2) is 11.5 Å². The number of fused-ring (bicyclic) bond motifs is 1. The van der Waals surface area contributed by atoms with Crippen LogP contribution in [0.3, 0.4) is 0 Å². The van der Waals surface area contributed by atoms with Crippen LogP contribution in [0, 0.1) is 5.92 Å². The van der Waals surface area contributed by atoms with E-state index in [1.54, 1.807) is 0 Å². The van der Waals surface area contributed by atoms with Gasteiger partial charge in [-0.1, -0.05) is 38.2 Å². The van der Waals surface area contributed by atoms with Crippen molar-refractivity contribution >= 4 is 5.91 Å². The van der Waals surface area contributed by atoms with Crippen LogP contribution in [0.25, 0.3) is 0 Å². The third-order valence-electron chi connectivity index (χ3n) is 4.78. The predicted molar refractivity (Wildman–Crippen MR) is 84.9 cm³/mol. The van der Waals surface area contributed by atoms with Crippen molar-refractivity contribution in [2.45, 2.75) is 57.9 Å². The van der Waals surface area contributed by atoms with E-state index in [-0.39, 0.29) is 18.7 Å². The van der Waals surface area contributed by atoms with Gasteiger partial charge in [0.05, 0.1) is 6.04 Å². The summed E-state index contributed by atoms with van der Waals surface area (Å²) in [7, 11) is 0. The van der Waals surface area contributed by atoms with E-state index in [2.05, 4.69) is 5.32 Å². The lowest BCUT2D eigenvalue weighted by molar-refractivity contribution is -0.122. The van der Waals surface area contributed by atoms with Crippen molar-refractivity contribution in [3.05, 3.63) is 23.8 Å². The standard InChI is InChI=1S/C18H25NO3/c1-13(15-8-9-16-17(11-15)22-12-21-16)19-18(20)10-7-14-5-3-2-4-6-14/h8-9,11,13-14H,2-7,10,12H2,1H3,(H,19,20)/t13-/m1/s1. The fraction of sp³-hybridized carbons (Fsp3) is 0.611. The Kier molecular flexibility index (Phi) is 4.86. The molecule has 120 valence electrons. The average Bonchev–Trinajstić information content (AvgIpc) is 3.01. The molecule has 1 aromatic carbocycles. The molecule has 0 saturated heterocycles. The fourth-order valence-electron chi connectivity index (χ4n) is 3.39. The van der Waals surface area contributed by atoms with E-state index in [0.717, 1.165) is 29.4 Å². The van der Waals surface area contributed by atoms with Crippen LogP contribution in [0.2, 0.25) is 0 Å². The molecule has 0 radical (unpaired) electrons. The highest BCUT2D eigenvalue weighted by molar-refractivity contribution is 5.76. The highest BCUT2D eigenvalue weighted by Crippen LogP contribution is 2.34. The molecule has 1 aliphatic heterocycles. The molecule has 1 amide bonds. The Morgan fingerprint density at radius 1 is 1.23 bits per heavy atom. The molecule has 1 heterocycles. The summed E-state index contributed by atoms with van der Waals surface area (Å²) in [6.45, 7) is 2.29. The molecular formula is C18H25NO3. The number of amides is 1. The number of rotatable bonds is 5. The van der Waals surface area contributed by atoms with E-state index in [0.29, 0.717) is 6.42 Å². The third-order valence-corrected chi connectivity index (χ3v) is 4.78. The van der Waals surface area contributed by atoms with Crippen LogP contribution in [-0.4, -0.2) is 12.7 Å². The van der Waals surface area contributed by atoms with E-state index >= 15 is 0 Å². The smallest absolute Gasteiger partial charge is 0.231 e. The van der Waals surface area contributed by atoms with Crippen LogP contribution < -0.4 is 14.8 Å². The Morgan fingerprint density at radius 3 is 2.82 bits per heavy atom. The van der Waals surface area contributed by atoms with Gasteiger partial charge in [-0.25, -0.2) is 0 Å². The van der Waals surface area contributed by atoms with Gasteiger partial charge in [0.2, 0.25) is 12.7 Å². The Bertz CT molecular complexity index is 523. The fourth-order valence-corrected chi connectivity index (χ4v) is 3.39. The molecule has 1 fully saturated rings. The number of hydrogen-bond donors (Lipinski definition) is 1. The summed E-state index contributed by atoms with van der Waals surface area (Å²) in [4.78, 5) is 12.1. The lowest BCUT2D eigenvalue weighted by atomic mass is 9.86. The van der Waals surface area contributed by atoms with Crippen molar-refractivity contribution in [2.75, 3.05) is 6.79 Å². The summed E-state index contributed by atoms with van der Waals surface area (Å²) >= 11 is 0. The Hall–Kier alpha value is -1.71. The van der Waals surface area contributed by atoms with Crippen molar-refractivity contribution < 1.29 is 14.3 Å². The number of benzene rings is 1. The van der Waals surface area contributed by atoms with Crippen molar-refractivity contribution in [1.29, 1.82) is 0 Å². The van der Waals surface area contributed by atoms with Gasteiger partial charge in [0.25, 0.3) is 0 Å². The van der Waals surface area contributed by atoms with Crippen LogP contribution in [0.1, 0.15) is 63.5 Å². The number of carbonyl (C=O) groups is 1. The van der Waals surface area contributed by atoms with Crippen molar-refractivity contribution in [1.82, 2.24) is 5.32 Å². The van der Waals surface area contributed by atoms with Crippen molar-refractivity contribution in [2.24, 2.45) is 5.92 Å². The molecule has 1 atom stereocenters. The van der Waals surface area contributed by atoms with Gasteiger partial charge in [-0.05, 0) is 37.0 Å². The maximum Gasteiger partial charge on any atom is 0.231 e. The molecule has 4 nitrogen and oxygen atoms in total. The molecule has 0 spiro atoms. The molecule has 1 saturated carbocycles. The molecule has 22 heavy (non-hydrogen) atoms. The van der Waals surface area contributed by atoms with Gasteiger partial charge < -0.3 is 14.8 Å². The second-order valence-electron chi connectivity index (χ2n) is 6.44. The molecular weight excluding hydrogens is 278 g/mol. The first-order chi connectivity index (χ1) is 10.7. The molecule has 1 N–H and O–H groups in total. The van der Waals surface area contributed by atoms with Crippen molar-refractivity contribution in [3.63, 3.8) is 0 Å². The summed E-state index contributed by atoms with van der Waals surface area (Å²) in [5, 5.41) is 3.09. The monoisotopic (exact) mass is 303 g/mol. The maximum atomic E-state index is 12.1. The normalized spacial score (nSPS) is 19.0. The molecule has 0 aromatic heterocycles. The maximum absolute atomic E-state index is 12.1. The van der Waals surface area contributed by atoms with Gasteiger partial charge in [0.1, 0.15) is 0 Å². The van der Waals surface area contributed by atoms with Gasteiger partial charge in [0, 0.05) is 6.42 Å². The first kappa shape index (κ1) is 15.2. The van der Waals surface area contributed by atoms with Crippen LogP contribution in [-0.2, 0) is 4.79 Å². The van der Waals surface area contributed by atoms with Crippen LogP contribution in [0.5, 0.6) is 11.5 Å². The van der Waals surface area contributed by atoms with Crippen LogP contribution in [0.4, 0.5) is 0 Å². The summed E-state index contributed by atoms with van der Waals surface area (Å²) in [5.41, 5.74) is 1.05. The third kappa shape index (κ3) is 3.73. The second-order valence-corrected chi connectivity index (χ2v) is 6.44. The van der Waals surface area contributed by atoms with Crippen molar-refractivity contribution in [3.8, 4) is 11.5 Å². The summed E-state index contributed by atoms with van der Waals surface area (Å²) in [6, 6.07) is 5.84. The minimum atomic E-state index is -0.00615. The Labute approximate surface area is 132 Å². The van der Waals surface area contributed by atoms with E-state index in [9.17, 15) is 4.79 Å². The molecule has 0 bridgehead atoms. The van der Waals surface area contributed by atoms with Crippen LogP contribution in [0.15, 0.2) is 18.2 Å². The topological polar surface area (TPSA) is 47.6 Å². The van der Waals surface area contributed by atoms with Crippen LogP contribution >= 0.6 is 0 Å². The van der Waals surface area contributed by atoms with Gasteiger partial charge >= 0.3 is 0 Å². The molecule has 1 aliphatic carbocycles. The highest BCUT2D eigenvalue weighted by atomic mass is 16.7. The van der Waals surface area contributed by atoms with Gasteiger partial charge in [-0.15, -0.1) is 0 Å². The minimum Gasteiger partial charge on any atom is -0.454 e. The molecule has 0 unspecified atom stereocenters. The summed E-state index contributed by atoms with van der Waals surface area (Å²) in [6.07, 6.45) is 8.29. The second kappa shape index (κ2) is 7.03. The lowest BCUT2D eigenvalue weighted by Gasteiger charge is -2.21. The summed E-state index contributed by atoms with van der Waals surface area (Å²) in [5.74, 6) is 2.44. The van der Waals surface area contributed by atoms with E-state index in [1.165, 1.54) is 32.1 Å². The number of ether oxygens (including phenoxy) is 2. The summed E-state index contributed by atoms with van der Waals surface area (Å²) < 4.78 is 10.7. The predicted octanol–water partition coefficient (Wildman–Crippen LogP) is 3.95. The van der Waals surface area contributed by atoms with E-state index in [1.807, 2.05) is 25.1 Å². The van der Waals surface area contributed by atoms with E-state index in [4.69, 9.17) is 9.47 Å². The Morgan fingerprint density at radius 2 is 2.00 bits per heavy atom. The minimum absolute atomic E-state index is 0.00615. The largest absolute Gasteiger partial charge is 0.454 e.